The highest BCUT2D eigenvalue weighted by atomic mass is 79.9. The van der Waals surface area contributed by atoms with Gasteiger partial charge >= 0.3 is 0 Å². The molecular weight excluding hydrogens is 423 g/mol. The van der Waals surface area contributed by atoms with Crippen molar-refractivity contribution >= 4 is 33.4 Å². The molecule has 1 amide bonds. The summed E-state index contributed by atoms with van der Waals surface area (Å²) in [4.78, 5) is 12.8. The number of carbonyl (C=O) groups is 1. The summed E-state index contributed by atoms with van der Waals surface area (Å²) in [5, 5.41) is 6.91. The number of nitrogens with zero attached hydrogens (tertiary/aromatic N) is 1. The molecule has 0 saturated heterocycles. The Bertz CT molecular complexity index is 954. The van der Waals surface area contributed by atoms with Gasteiger partial charge in [-0.1, -0.05) is 57.0 Å². The van der Waals surface area contributed by atoms with Crippen molar-refractivity contribution in [1.82, 2.24) is 10.5 Å². The van der Waals surface area contributed by atoms with Crippen molar-refractivity contribution in [3.63, 3.8) is 0 Å². The third-order valence-electron chi connectivity index (χ3n) is 4.01. The molecule has 0 saturated carbocycles. The molecule has 1 heterocycles. The normalized spacial score (nSPS) is 12.0. The lowest BCUT2D eigenvalue weighted by Gasteiger charge is -2.16. The van der Waals surface area contributed by atoms with Gasteiger partial charge in [-0.2, -0.15) is 0 Å². The predicted octanol–water partition coefficient (Wildman–Crippen LogP) is 5.70. The number of benzene rings is 2. The molecule has 0 fully saturated rings. The molecule has 3 rings (SSSR count). The van der Waals surface area contributed by atoms with E-state index < -0.39 is 11.7 Å². The number of aryl methyl sites for hydroxylation is 1. The third-order valence-corrected chi connectivity index (χ3v) is 5.05. The molecule has 0 bridgehead atoms. The summed E-state index contributed by atoms with van der Waals surface area (Å²) in [5.74, 6) is -0.698. The smallest absolute Gasteiger partial charge is 0.257 e. The van der Waals surface area contributed by atoms with Crippen LogP contribution in [-0.4, -0.2) is 11.1 Å². The summed E-state index contributed by atoms with van der Waals surface area (Å²) in [5.41, 5.74) is 1.21. The average Bonchev–Trinajstić information content (AvgIpc) is 2.96. The van der Waals surface area contributed by atoms with Gasteiger partial charge in [0.2, 0.25) is 0 Å². The van der Waals surface area contributed by atoms with Gasteiger partial charge in [-0.15, -0.1) is 0 Å². The summed E-state index contributed by atoms with van der Waals surface area (Å²) in [6.07, 6.45) is 0. The second-order valence-electron chi connectivity index (χ2n) is 5.78. The number of halogens is 3. The van der Waals surface area contributed by atoms with Crippen LogP contribution >= 0.6 is 27.5 Å². The number of hydrogen-bond donors (Lipinski definition) is 1. The van der Waals surface area contributed by atoms with E-state index in [1.807, 2.05) is 31.2 Å². The van der Waals surface area contributed by atoms with Crippen LogP contribution in [-0.2, 0) is 0 Å². The van der Waals surface area contributed by atoms with Gasteiger partial charge in [0, 0.05) is 4.47 Å². The lowest BCUT2D eigenvalue weighted by molar-refractivity contribution is 0.0939. The molecule has 0 aliphatic heterocycles. The SMILES string of the molecule is Cc1onc(-c2c(F)cccc2Cl)c1C(=O)NC(C)c1ccccc1Br. The number of amides is 1. The van der Waals surface area contributed by atoms with E-state index in [1.54, 1.807) is 6.92 Å². The Labute approximate surface area is 163 Å². The Morgan fingerprint density at radius 2 is 2.00 bits per heavy atom. The van der Waals surface area contributed by atoms with Crippen LogP contribution in [0.4, 0.5) is 4.39 Å². The quantitative estimate of drug-likeness (QED) is 0.570. The summed E-state index contributed by atoms with van der Waals surface area (Å²) >= 11 is 9.58. The summed E-state index contributed by atoms with van der Waals surface area (Å²) < 4.78 is 20.3. The molecule has 26 heavy (non-hydrogen) atoms. The number of hydrogen-bond acceptors (Lipinski definition) is 3. The molecule has 1 atom stereocenters. The van der Waals surface area contributed by atoms with E-state index in [-0.39, 0.29) is 33.6 Å². The molecule has 1 N–H and O–H groups in total. The fraction of sp³-hybridized carbons (Fsp3) is 0.158. The molecule has 2 aromatic carbocycles. The van der Waals surface area contributed by atoms with Crippen molar-refractivity contribution < 1.29 is 13.7 Å². The molecular formula is C19H15BrClFN2O2. The highest BCUT2D eigenvalue weighted by Crippen LogP contribution is 2.33. The zero-order valence-corrected chi connectivity index (χ0v) is 16.4. The number of rotatable bonds is 4. The maximum absolute atomic E-state index is 14.3. The molecule has 3 aromatic rings. The Morgan fingerprint density at radius 3 is 2.69 bits per heavy atom. The second kappa shape index (κ2) is 7.60. The van der Waals surface area contributed by atoms with E-state index in [2.05, 4.69) is 26.4 Å². The van der Waals surface area contributed by atoms with Crippen LogP contribution in [0, 0.1) is 12.7 Å². The van der Waals surface area contributed by atoms with Crippen molar-refractivity contribution in [2.45, 2.75) is 19.9 Å². The topological polar surface area (TPSA) is 55.1 Å². The molecule has 0 spiro atoms. The largest absolute Gasteiger partial charge is 0.360 e. The van der Waals surface area contributed by atoms with Crippen molar-refractivity contribution in [3.8, 4) is 11.3 Å². The van der Waals surface area contributed by atoms with Gasteiger partial charge in [0.25, 0.3) is 5.91 Å². The molecule has 0 aliphatic carbocycles. The monoisotopic (exact) mass is 436 g/mol. The van der Waals surface area contributed by atoms with E-state index >= 15 is 0 Å². The minimum absolute atomic E-state index is 0.0460. The van der Waals surface area contributed by atoms with Gasteiger partial charge in [-0.3, -0.25) is 4.79 Å². The van der Waals surface area contributed by atoms with E-state index in [0.29, 0.717) is 0 Å². The highest BCUT2D eigenvalue weighted by Gasteiger charge is 2.26. The fourth-order valence-electron chi connectivity index (χ4n) is 2.71. The molecule has 1 aromatic heterocycles. The summed E-state index contributed by atoms with van der Waals surface area (Å²) in [6.45, 7) is 3.46. The minimum Gasteiger partial charge on any atom is -0.360 e. The van der Waals surface area contributed by atoms with Crippen LogP contribution in [0.1, 0.15) is 34.6 Å². The van der Waals surface area contributed by atoms with E-state index in [4.69, 9.17) is 16.1 Å². The van der Waals surface area contributed by atoms with Crippen LogP contribution in [0.5, 0.6) is 0 Å². The van der Waals surface area contributed by atoms with E-state index in [1.165, 1.54) is 18.2 Å². The molecule has 7 heteroatoms. The van der Waals surface area contributed by atoms with Gasteiger partial charge in [-0.25, -0.2) is 4.39 Å². The van der Waals surface area contributed by atoms with Gasteiger partial charge in [0.05, 0.1) is 16.6 Å². The van der Waals surface area contributed by atoms with Crippen molar-refractivity contribution in [3.05, 3.63) is 74.7 Å². The van der Waals surface area contributed by atoms with E-state index in [0.717, 1.165) is 10.0 Å². The van der Waals surface area contributed by atoms with Crippen LogP contribution in [0.2, 0.25) is 5.02 Å². The van der Waals surface area contributed by atoms with Crippen LogP contribution < -0.4 is 5.32 Å². The summed E-state index contributed by atoms with van der Waals surface area (Å²) in [7, 11) is 0. The number of aromatic nitrogens is 1. The van der Waals surface area contributed by atoms with Crippen LogP contribution in [0.3, 0.4) is 0 Å². The van der Waals surface area contributed by atoms with Gasteiger partial charge in [0.1, 0.15) is 22.8 Å². The fourth-order valence-corrected chi connectivity index (χ4v) is 3.59. The maximum atomic E-state index is 14.3. The lowest BCUT2D eigenvalue weighted by Crippen LogP contribution is -2.27. The Hall–Kier alpha value is -2.18. The lowest BCUT2D eigenvalue weighted by atomic mass is 10.0. The Balaban J connectivity index is 1.97. The van der Waals surface area contributed by atoms with E-state index in [9.17, 15) is 9.18 Å². The zero-order valence-electron chi connectivity index (χ0n) is 14.0. The molecule has 0 radical (unpaired) electrons. The highest BCUT2D eigenvalue weighted by molar-refractivity contribution is 9.10. The number of carbonyl (C=O) groups excluding carboxylic acids is 1. The summed E-state index contributed by atoms with van der Waals surface area (Å²) in [6, 6.07) is 11.6. The van der Waals surface area contributed by atoms with Crippen LogP contribution in [0.15, 0.2) is 51.5 Å². The number of nitrogens with one attached hydrogen (secondary N) is 1. The van der Waals surface area contributed by atoms with Gasteiger partial charge < -0.3 is 9.84 Å². The average molecular weight is 438 g/mol. The van der Waals surface area contributed by atoms with Gasteiger partial charge in [-0.05, 0) is 37.6 Å². The molecule has 1 unspecified atom stereocenters. The Kier molecular flexibility index (Phi) is 5.44. The van der Waals surface area contributed by atoms with Crippen molar-refractivity contribution in [1.29, 1.82) is 0 Å². The van der Waals surface area contributed by atoms with Crippen molar-refractivity contribution in [2.24, 2.45) is 0 Å². The first-order valence-electron chi connectivity index (χ1n) is 7.86. The first kappa shape index (κ1) is 18.6. The molecule has 134 valence electrons. The Morgan fingerprint density at radius 1 is 1.27 bits per heavy atom. The second-order valence-corrected chi connectivity index (χ2v) is 7.04. The predicted molar refractivity (Wildman–Crippen MR) is 102 cm³/mol. The van der Waals surface area contributed by atoms with Crippen LogP contribution in [0.25, 0.3) is 11.3 Å². The van der Waals surface area contributed by atoms with Crippen molar-refractivity contribution in [2.75, 3.05) is 0 Å². The molecule has 0 aliphatic rings. The minimum atomic E-state index is -0.571. The standard InChI is InChI=1S/C19H15BrClFN2O2/c1-10(12-6-3-4-7-13(12)20)23-19(25)16-11(2)26-24-18(16)17-14(21)8-5-9-15(17)22/h3-10H,1-2H3,(H,23,25). The molecule has 4 nitrogen and oxygen atoms in total. The third kappa shape index (κ3) is 3.52. The van der Waals surface area contributed by atoms with Gasteiger partial charge in [0.15, 0.2) is 0 Å². The first-order valence-corrected chi connectivity index (χ1v) is 9.03. The first-order chi connectivity index (χ1) is 12.4. The zero-order chi connectivity index (χ0) is 18.8. The maximum Gasteiger partial charge on any atom is 0.257 e.